The van der Waals surface area contributed by atoms with Gasteiger partial charge in [0.2, 0.25) is 0 Å². The smallest absolute Gasteiger partial charge is 0.150 e. The summed E-state index contributed by atoms with van der Waals surface area (Å²) in [7, 11) is 0. The van der Waals surface area contributed by atoms with Crippen LogP contribution in [0.4, 0.5) is 10.1 Å². The van der Waals surface area contributed by atoms with Crippen LogP contribution in [0.1, 0.15) is 11.1 Å². The highest BCUT2D eigenvalue weighted by atomic mass is 19.1. The number of hydrogen-bond donors (Lipinski definition) is 1. The topological polar surface area (TPSA) is 59.0 Å². The quantitative estimate of drug-likeness (QED) is 0.821. The summed E-state index contributed by atoms with van der Waals surface area (Å²) in [5.41, 5.74) is 7.09. The van der Waals surface area contributed by atoms with Gasteiger partial charge in [0.1, 0.15) is 17.3 Å². The molecule has 2 rings (SSSR count). The molecule has 0 spiro atoms. The van der Waals surface area contributed by atoms with Crippen LogP contribution in [0.3, 0.4) is 0 Å². The van der Waals surface area contributed by atoms with E-state index in [0.717, 1.165) is 0 Å². The number of aryl methyl sites for hydroxylation is 1. The van der Waals surface area contributed by atoms with Crippen LogP contribution in [0.25, 0.3) is 0 Å². The summed E-state index contributed by atoms with van der Waals surface area (Å²) in [6, 6.07) is 11.3. The molecular weight excluding hydrogens is 231 g/mol. The third-order valence-corrected chi connectivity index (χ3v) is 2.51. The average molecular weight is 242 g/mol. The van der Waals surface area contributed by atoms with Crippen molar-refractivity contribution in [2.45, 2.75) is 6.92 Å². The van der Waals surface area contributed by atoms with E-state index in [-0.39, 0.29) is 5.82 Å². The van der Waals surface area contributed by atoms with Gasteiger partial charge < -0.3 is 10.5 Å². The van der Waals surface area contributed by atoms with E-state index in [2.05, 4.69) is 0 Å². The number of nitriles is 1. The number of anilines is 1. The molecule has 0 fully saturated rings. The maximum Gasteiger partial charge on any atom is 0.150 e. The van der Waals surface area contributed by atoms with Gasteiger partial charge in [0.05, 0.1) is 17.3 Å². The lowest BCUT2D eigenvalue weighted by atomic mass is 10.2. The van der Waals surface area contributed by atoms with E-state index < -0.39 is 0 Å². The van der Waals surface area contributed by atoms with Crippen molar-refractivity contribution in [2.24, 2.45) is 0 Å². The molecule has 0 heterocycles. The number of nitrogens with zero attached hydrogens (tertiary/aromatic N) is 1. The normalized spacial score (nSPS) is 9.83. The number of rotatable bonds is 2. The van der Waals surface area contributed by atoms with Crippen molar-refractivity contribution in [3.8, 4) is 17.6 Å². The molecule has 0 bridgehead atoms. The Morgan fingerprint density at radius 2 is 2.00 bits per heavy atom. The van der Waals surface area contributed by atoms with Gasteiger partial charge in [-0.3, -0.25) is 0 Å². The molecule has 0 aliphatic rings. The van der Waals surface area contributed by atoms with Crippen LogP contribution in [0, 0.1) is 24.1 Å². The molecule has 0 radical (unpaired) electrons. The lowest BCUT2D eigenvalue weighted by molar-refractivity contribution is 0.478. The van der Waals surface area contributed by atoms with Gasteiger partial charge >= 0.3 is 0 Å². The van der Waals surface area contributed by atoms with Crippen LogP contribution in [0.5, 0.6) is 11.5 Å². The van der Waals surface area contributed by atoms with Gasteiger partial charge in [-0.05, 0) is 36.8 Å². The second-order valence-electron chi connectivity index (χ2n) is 3.88. The van der Waals surface area contributed by atoms with E-state index in [1.54, 1.807) is 31.2 Å². The summed E-state index contributed by atoms with van der Waals surface area (Å²) in [4.78, 5) is 0. The Morgan fingerprint density at radius 1 is 1.22 bits per heavy atom. The second kappa shape index (κ2) is 4.76. The van der Waals surface area contributed by atoms with E-state index in [9.17, 15) is 4.39 Å². The number of nitrogen functional groups attached to an aromatic ring is 1. The fourth-order valence-electron chi connectivity index (χ4n) is 1.47. The second-order valence-corrected chi connectivity index (χ2v) is 3.88. The molecule has 0 unspecified atom stereocenters. The summed E-state index contributed by atoms with van der Waals surface area (Å²) in [5.74, 6) is 0.437. The maximum atomic E-state index is 13.3. The van der Waals surface area contributed by atoms with Crippen molar-refractivity contribution in [3.05, 3.63) is 53.3 Å². The number of hydrogen-bond acceptors (Lipinski definition) is 3. The Labute approximate surface area is 104 Å². The molecule has 0 saturated carbocycles. The predicted molar refractivity (Wildman–Crippen MR) is 66.8 cm³/mol. The zero-order valence-electron chi connectivity index (χ0n) is 9.77. The molecule has 90 valence electrons. The van der Waals surface area contributed by atoms with Gasteiger partial charge in [0, 0.05) is 6.07 Å². The lowest BCUT2D eigenvalue weighted by Gasteiger charge is -2.09. The van der Waals surface area contributed by atoms with Crippen LogP contribution in [0.2, 0.25) is 0 Å². The molecule has 0 saturated heterocycles. The van der Waals surface area contributed by atoms with Crippen LogP contribution < -0.4 is 10.5 Å². The van der Waals surface area contributed by atoms with Gasteiger partial charge in [-0.1, -0.05) is 6.07 Å². The number of benzene rings is 2. The highest BCUT2D eigenvalue weighted by Crippen LogP contribution is 2.28. The van der Waals surface area contributed by atoms with Crippen LogP contribution in [-0.4, -0.2) is 0 Å². The largest absolute Gasteiger partial charge is 0.455 e. The molecule has 0 aliphatic carbocycles. The molecule has 0 aliphatic heterocycles. The summed E-state index contributed by atoms with van der Waals surface area (Å²) < 4.78 is 18.8. The molecule has 18 heavy (non-hydrogen) atoms. The monoisotopic (exact) mass is 242 g/mol. The summed E-state index contributed by atoms with van der Waals surface area (Å²) in [5, 5.41) is 8.71. The molecular formula is C14H11FN2O. The molecule has 0 aromatic heterocycles. The zero-order chi connectivity index (χ0) is 13.1. The van der Waals surface area contributed by atoms with Crippen LogP contribution >= 0.6 is 0 Å². The zero-order valence-corrected chi connectivity index (χ0v) is 9.77. The number of halogens is 1. The molecule has 2 aromatic rings. The standard InChI is InChI=1S/C14H11FN2O/c1-9-2-4-11(7-12(9)15)18-14-5-3-10(8-16)6-13(14)17/h2-7H,17H2,1H3. The highest BCUT2D eigenvalue weighted by Gasteiger charge is 2.05. The summed E-state index contributed by atoms with van der Waals surface area (Å²) in [6.07, 6.45) is 0. The minimum absolute atomic E-state index is 0.334. The van der Waals surface area contributed by atoms with E-state index >= 15 is 0 Å². The Morgan fingerprint density at radius 3 is 2.61 bits per heavy atom. The van der Waals surface area contributed by atoms with Gasteiger partial charge in [-0.15, -0.1) is 0 Å². The van der Waals surface area contributed by atoms with E-state index in [4.69, 9.17) is 15.7 Å². The summed E-state index contributed by atoms with van der Waals surface area (Å²) in [6.45, 7) is 1.68. The fraction of sp³-hybridized carbons (Fsp3) is 0.0714. The van der Waals surface area contributed by atoms with Crippen molar-refractivity contribution in [2.75, 3.05) is 5.73 Å². The third-order valence-electron chi connectivity index (χ3n) is 2.51. The van der Waals surface area contributed by atoms with E-state index in [1.807, 2.05) is 6.07 Å². The van der Waals surface area contributed by atoms with Crippen LogP contribution in [0.15, 0.2) is 36.4 Å². The van der Waals surface area contributed by atoms with E-state index in [0.29, 0.717) is 28.3 Å². The van der Waals surface area contributed by atoms with Gasteiger partial charge in [0.15, 0.2) is 0 Å². The first-order valence-electron chi connectivity index (χ1n) is 5.34. The first kappa shape index (κ1) is 11.9. The third kappa shape index (κ3) is 2.41. The Balaban J connectivity index is 2.29. The molecule has 0 amide bonds. The molecule has 3 nitrogen and oxygen atoms in total. The summed E-state index contributed by atoms with van der Waals surface area (Å²) >= 11 is 0. The predicted octanol–water partition coefficient (Wildman–Crippen LogP) is 3.38. The average Bonchev–Trinajstić information content (AvgIpc) is 2.36. The van der Waals surface area contributed by atoms with Crippen molar-refractivity contribution in [1.29, 1.82) is 5.26 Å². The molecule has 2 aromatic carbocycles. The molecule has 4 heteroatoms. The minimum atomic E-state index is -0.334. The fourth-order valence-corrected chi connectivity index (χ4v) is 1.47. The Kier molecular flexibility index (Phi) is 3.16. The minimum Gasteiger partial charge on any atom is -0.455 e. The number of nitrogens with two attached hydrogens (primary N) is 1. The van der Waals surface area contributed by atoms with Gasteiger partial charge in [0.25, 0.3) is 0 Å². The molecule has 2 N–H and O–H groups in total. The van der Waals surface area contributed by atoms with E-state index in [1.165, 1.54) is 12.1 Å². The van der Waals surface area contributed by atoms with Gasteiger partial charge in [-0.2, -0.15) is 5.26 Å². The number of ether oxygens (including phenoxy) is 1. The Bertz CT molecular complexity index is 632. The Hall–Kier alpha value is -2.54. The SMILES string of the molecule is Cc1ccc(Oc2ccc(C#N)cc2N)cc1F. The van der Waals surface area contributed by atoms with Crippen LogP contribution in [-0.2, 0) is 0 Å². The van der Waals surface area contributed by atoms with Crippen molar-refractivity contribution in [1.82, 2.24) is 0 Å². The van der Waals surface area contributed by atoms with Crippen molar-refractivity contribution in [3.63, 3.8) is 0 Å². The molecule has 0 atom stereocenters. The first-order valence-corrected chi connectivity index (χ1v) is 5.34. The van der Waals surface area contributed by atoms with Gasteiger partial charge in [-0.25, -0.2) is 4.39 Å². The first-order chi connectivity index (χ1) is 8.60. The van der Waals surface area contributed by atoms with Crippen molar-refractivity contribution >= 4 is 5.69 Å². The van der Waals surface area contributed by atoms with Crippen molar-refractivity contribution < 1.29 is 9.13 Å². The lowest BCUT2D eigenvalue weighted by Crippen LogP contribution is -1.93. The highest BCUT2D eigenvalue weighted by molar-refractivity contribution is 5.57. The maximum absolute atomic E-state index is 13.3.